The molecule has 1 atom stereocenters. The van der Waals surface area contributed by atoms with Crippen molar-refractivity contribution in [2.75, 3.05) is 16.8 Å². The van der Waals surface area contributed by atoms with E-state index in [1.165, 1.54) is 12.1 Å². The molecule has 2 amide bonds. The van der Waals surface area contributed by atoms with Crippen molar-refractivity contribution in [2.45, 2.75) is 32.1 Å². The lowest BCUT2D eigenvalue weighted by molar-refractivity contribution is -0.118. The van der Waals surface area contributed by atoms with E-state index in [2.05, 4.69) is 5.32 Å². The predicted octanol–water partition coefficient (Wildman–Crippen LogP) is 3.87. The summed E-state index contributed by atoms with van der Waals surface area (Å²) in [7, 11) is 0. The third-order valence-corrected chi connectivity index (χ3v) is 5.23. The molecule has 4 nitrogen and oxygen atoms in total. The van der Waals surface area contributed by atoms with Crippen molar-refractivity contribution < 1.29 is 14.0 Å². The number of hydrogen-bond acceptors (Lipinski definition) is 2. The molecular formula is C21H21FN2O2. The zero-order chi connectivity index (χ0) is 18.3. The van der Waals surface area contributed by atoms with E-state index in [4.69, 9.17) is 0 Å². The summed E-state index contributed by atoms with van der Waals surface area (Å²) < 4.78 is 13.2. The van der Waals surface area contributed by atoms with Crippen LogP contribution in [0.1, 0.15) is 36.8 Å². The van der Waals surface area contributed by atoms with Crippen LogP contribution in [0.2, 0.25) is 0 Å². The van der Waals surface area contributed by atoms with Crippen LogP contribution in [0.25, 0.3) is 0 Å². The lowest BCUT2D eigenvalue weighted by Crippen LogP contribution is -2.26. The summed E-state index contributed by atoms with van der Waals surface area (Å²) in [6, 6.07) is 11.9. The first-order chi connectivity index (χ1) is 12.5. The standard InChI is InChI=1S/C21H21FN2O2/c1-13(25)24-11-10-14-6-9-18(12-19(14)24)23-21(26)20(15-2-3-15)16-4-7-17(22)8-5-16/h4-9,12,15,20H,2-3,10-11H2,1H3,(H,23,26). The minimum Gasteiger partial charge on any atom is -0.325 e. The van der Waals surface area contributed by atoms with Crippen LogP contribution in [-0.4, -0.2) is 18.4 Å². The van der Waals surface area contributed by atoms with Gasteiger partial charge in [-0.1, -0.05) is 18.2 Å². The van der Waals surface area contributed by atoms with Crippen molar-refractivity contribution in [3.63, 3.8) is 0 Å². The van der Waals surface area contributed by atoms with Crippen LogP contribution in [0.4, 0.5) is 15.8 Å². The molecule has 1 aliphatic carbocycles. The molecule has 2 aromatic rings. The number of carbonyl (C=O) groups is 2. The Morgan fingerprint density at radius 2 is 1.88 bits per heavy atom. The van der Waals surface area contributed by atoms with Crippen LogP contribution in [-0.2, 0) is 16.0 Å². The first kappa shape index (κ1) is 16.8. The maximum Gasteiger partial charge on any atom is 0.232 e. The largest absolute Gasteiger partial charge is 0.325 e. The van der Waals surface area contributed by atoms with Crippen LogP contribution in [0.15, 0.2) is 42.5 Å². The lowest BCUT2D eigenvalue weighted by Gasteiger charge is -2.19. The second-order valence-electron chi connectivity index (χ2n) is 7.12. The smallest absolute Gasteiger partial charge is 0.232 e. The first-order valence-electron chi connectivity index (χ1n) is 9.00. The van der Waals surface area contributed by atoms with Crippen molar-refractivity contribution in [3.8, 4) is 0 Å². The van der Waals surface area contributed by atoms with Crippen LogP contribution in [0.3, 0.4) is 0 Å². The fourth-order valence-corrected chi connectivity index (χ4v) is 3.74. The molecule has 0 radical (unpaired) electrons. The normalized spacial score (nSPS) is 16.9. The minimum absolute atomic E-state index is 0.00870. The third-order valence-electron chi connectivity index (χ3n) is 5.23. The number of halogens is 1. The SMILES string of the molecule is CC(=O)N1CCc2ccc(NC(=O)C(c3ccc(F)cc3)C3CC3)cc21. The van der Waals surface area contributed by atoms with E-state index in [-0.39, 0.29) is 23.5 Å². The van der Waals surface area contributed by atoms with Gasteiger partial charge in [-0.05, 0) is 60.6 Å². The quantitative estimate of drug-likeness (QED) is 0.908. The minimum atomic E-state index is -0.299. The molecule has 2 aliphatic rings. The van der Waals surface area contributed by atoms with Gasteiger partial charge in [0.1, 0.15) is 5.82 Å². The Morgan fingerprint density at radius 3 is 2.54 bits per heavy atom. The summed E-state index contributed by atoms with van der Waals surface area (Å²) in [6.07, 6.45) is 2.86. The van der Waals surface area contributed by atoms with Crippen molar-refractivity contribution in [2.24, 2.45) is 5.92 Å². The molecule has 1 aliphatic heterocycles. The van der Waals surface area contributed by atoms with E-state index in [1.54, 1.807) is 24.0 Å². The van der Waals surface area contributed by atoms with Crippen molar-refractivity contribution in [3.05, 3.63) is 59.4 Å². The number of carbonyl (C=O) groups excluding carboxylic acids is 2. The highest BCUT2D eigenvalue weighted by atomic mass is 19.1. The molecule has 1 fully saturated rings. The molecule has 1 saturated carbocycles. The summed E-state index contributed by atoms with van der Waals surface area (Å²) in [5.41, 5.74) is 3.53. The number of amides is 2. The Kier molecular flexibility index (Phi) is 4.23. The van der Waals surface area contributed by atoms with Crippen LogP contribution < -0.4 is 10.2 Å². The van der Waals surface area contributed by atoms with Gasteiger partial charge < -0.3 is 10.2 Å². The summed E-state index contributed by atoms with van der Waals surface area (Å²) in [6.45, 7) is 2.24. The summed E-state index contributed by atoms with van der Waals surface area (Å²) in [5, 5.41) is 2.99. The highest BCUT2D eigenvalue weighted by Gasteiger charge is 2.37. The van der Waals surface area contributed by atoms with Crippen LogP contribution in [0, 0.1) is 11.7 Å². The van der Waals surface area contributed by atoms with E-state index in [9.17, 15) is 14.0 Å². The second-order valence-corrected chi connectivity index (χ2v) is 7.12. The molecule has 2 aromatic carbocycles. The second kappa shape index (κ2) is 6.56. The van der Waals surface area contributed by atoms with Gasteiger partial charge in [0.2, 0.25) is 11.8 Å². The number of nitrogens with one attached hydrogen (secondary N) is 1. The molecule has 0 aromatic heterocycles. The molecule has 0 spiro atoms. The number of fused-ring (bicyclic) bond motifs is 1. The number of nitrogens with zero attached hydrogens (tertiary/aromatic N) is 1. The first-order valence-corrected chi connectivity index (χ1v) is 9.00. The fourth-order valence-electron chi connectivity index (χ4n) is 3.74. The molecule has 26 heavy (non-hydrogen) atoms. The Labute approximate surface area is 152 Å². The van der Waals surface area contributed by atoms with Gasteiger partial charge in [0.05, 0.1) is 5.92 Å². The van der Waals surface area contributed by atoms with E-state index >= 15 is 0 Å². The zero-order valence-electron chi connectivity index (χ0n) is 14.7. The number of benzene rings is 2. The molecule has 134 valence electrons. The highest BCUT2D eigenvalue weighted by molar-refractivity contribution is 5.98. The summed E-state index contributed by atoms with van der Waals surface area (Å²) in [4.78, 5) is 26.4. The van der Waals surface area contributed by atoms with Gasteiger partial charge >= 0.3 is 0 Å². The van der Waals surface area contributed by atoms with E-state index in [0.717, 1.165) is 36.1 Å². The van der Waals surface area contributed by atoms with Gasteiger partial charge in [0, 0.05) is 24.8 Å². The van der Waals surface area contributed by atoms with Gasteiger partial charge in [-0.2, -0.15) is 0 Å². The highest BCUT2D eigenvalue weighted by Crippen LogP contribution is 2.43. The van der Waals surface area contributed by atoms with E-state index in [1.807, 2.05) is 18.2 Å². The zero-order valence-corrected chi connectivity index (χ0v) is 14.7. The van der Waals surface area contributed by atoms with Gasteiger partial charge in [-0.15, -0.1) is 0 Å². The van der Waals surface area contributed by atoms with Gasteiger partial charge in [0.15, 0.2) is 0 Å². The van der Waals surface area contributed by atoms with Crippen LogP contribution in [0.5, 0.6) is 0 Å². The average Bonchev–Trinajstić information content (AvgIpc) is 3.34. The number of anilines is 2. The van der Waals surface area contributed by atoms with Gasteiger partial charge in [-0.25, -0.2) is 4.39 Å². The maximum absolute atomic E-state index is 13.2. The summed E-state index contributed by atoms with van der Waals surface area (Å²) >= 11 is 0. The molecular weight excluding hydrogens is 331 g/mol. The average molecular weight is 352 g/mol. The third kappa shape index (κ3) is 3.21. The molecule has 0 bridgehead atoms. The number of rotatable bonds is 4. The predicted molar refractivity (Wildman–Crippen MR) is 98.7 cm³/mol. The maximum atomic E-state index is 13.2. The summed E-state index contributed by atoms with van der Waals surface area (Å²) in [5.74, 6) is -0.330. The van der Waals surface area contributed by atoms with E-state index < -0.39 is 0 Å². The molecule has 1 heterocycles. The fraction of sp³-hybridized carbons (Fsp3) is 0.333. The molecule has 4 rings (SSSR count). The Bertz CT molecular complexity index is 859. The van der Waals surface area contributed by atoms with Crippen LogP contribution >= 0.6 is 0 Å². The Hall–Kier alpha value is -2.69. The van der Waals surface area contributed by atoms with Crippen molar-refractivity contribution in [1.29, 1.82) is 0 Å². The lowest BCUT2D eigenvalue weighted by atomic mass is 9.93. The molecule has 1 N–H and O–H groups in total. The van der Waals surface area contributed by atoms with E-state index in [0.29, 0.717) is 18.2 Å². The molecule has 0 saturated heterocycles. The molecule has 5 heteroatoms. The molecule has 1 unspecified atom stereocenters. The Balaban J connectivity index is 1.56. The Morgan fingerprint density at radius 1 is 1.15 bits per heavy atom. The van der Waals surface area contributed by atoms with Gasteiger partial charge in [-0.3, -0.25) is 9.59 Å². The van der Waals surface area contributed by atoms with Gasteiger partial charge in [0.25, 0.3) is 0 Å². The van der Waals surface area contributed by atoms with Crippen molar-refractivity contribution in [1.82, 2.24) is 0 Å². The van der Waals surface area contributed by atoms with Crippen molar-refractivity contribution >= 4 is 23.2 Å². The number of hydrogen-bond donors (Lipinski definition) is 1. The topological polar surface area (TPSA) is 49.4 Å². The monoisotopic (exact) mass is 352 g/mol.